The molecule has 0 fully saturated rings. The van der Waals surface area contributed by atoms with Crippen LogP contribution in [0.2, 0.25) is 0 Å². The molecule has 1 amide bonds. The molecule has 2 aromatic heterocycles. The second kappa shape index (κ2) is 7.61. The van der Waals surface area contributed by atoms with Gasteiger partial charge in [-0.25, -0.2) is 4.79 Å². The molecule has 0 saturated carbocycles. The number of carbonyl (C=O) groups excluding carboxylic acids is 1. The molecule has 142 valence electrons. The van der Waals surface area contributed by atoms with Crippen molar-refractivity contribution in [2.45, 2.75) is 40.3 Å². The van der Waals surface area contributed by atoms with Crippen molar-refractivity contribution in [3.63, 3.8) is 0 Å². The van der Waals surface area contributed by atoms with Gasteiger partial charge in [0.25, 0.3) is 5.56 Å². The van der Waals surface area contributed by atoms with E-state index in [-0.39, 0.29) is 17.9 Å². The van der Waals surface area contributed by atoms with Gasteiger partial charge in [0.05, 0.1) is 10.9 Å². The van der Waals surface area contributed by atoms with Crippen molar-refractivity contribution in [3.05, 3.63) is 56.9 Å². The van der Waals surface area contributed by atoms with Gasteiger partial charge < -0.3 is 9.84 Å². The van der Waals surface area contributed by atoms with Gasteiger partial charge in [0, 0.05) is 12.6 Å². The minimum absolute atomic E-state index is 0.229. The quantitative estimate of drug-likeness (QED) is 0.717. The normalized spacial score (nSPS) is 11.3. The van der Waals surface area contributed by atoms with E-state index >= 15 is 0 Å². The van der Waals surface area contributed by atoms with Gasteiger partial charge in [-0.1, -0.05) is 31.1 Å². The van der Waals surface area contributed by atoms with E-state index in [9.17, 15) is 14.4 Å². The Labute approximate surface area is 155 Å². The molecular formula is C19H22N4O4. The number of hydrogen-bond acceptors (Lipinski definition) is 5. The number of para-hydroxylation sites is 1. The Morgan fingerprint density at radius 3 is 2.63 bits per heavy atom. The first-order chi connectivity index (χ1) is 12.9. The average Bonchev–Trinajstić information content (AvgIpc) is 3.03. The first kappa shape index (κ1) is 18.6. The van der Waals surface area contributed by atoms with Gasteiger partial charge in [0.1, 0.15) is 12.3 Å². The number of nitrogens with zero attached hydrogens (tertiary/aromatic N) is 3. The fourth-order valence-electron chi connectivity index (χ4n) is 2.86. The zero-order valence-corrected chi connectivity index (χ0v) is 15.6. The van der Waals surface area contributed by atoms with E-state index < -0.39 is 11.6 Å². The highest BCUT2D eigenvalue weighted by atomic mass is 16.5. The molecule has 27 heavy (non-hydrogen) atoms. The maximum atomic E-state index is 12.9. The van der Waals surface area contributed by atoms with Crippen LogP contribution in [0, 0.1) is 12.8 Å². The van der Waals surface area contributed by atoms with Crippen molar-refractivity contribution < 1.29 is 9.32 Å². The highest BCUT2D eigenvalue weighted by molar-refractivity contribution is 5.90. The van der Waals surface area contributed by atoms with Crippen LogP contribution in [-0.4, -0.2) is 20.2 Å². The van der Waals surface area contributed by atoms with Crippen LogP contribution < -0.4 is 16.6 Å². The van der Waals surface area contributed by atoms with Gasteiger partial charge in [-0.2, -0.15) is 0 Å². The summed E-state index contributed by atoms with van der Waals surface area (Å²) in [5.41, 5.74) is -0.398. The molecule has 0 aliphatic rings. The van der Waals surface area contributed by atoms with Crippen LogP contribution in [0.15, 0.2) is 44.4 Å². The van der Waals surface area contributed by atoms with Crippen LogP contribution in [0.4, 0.5) is 5.82 Å². The lowest BCUT2D eigenvalue weighted by Crippen LogP contribution is -2.42. The van der Waals surface area contributed by atoms with Gasteiger partial charge in [0.2, 0.25) is 5.91 Å². The second-order valence-corrected chi connectivity index (χ2v) is 6.90. The first-order valence-corrected chi connectivity index (χ1v) is 8.82. The molecule has 0 bridgehead atoms. The van der Waals surface area contributed by atoms with Crippen molar-refractivity contribution in [1.29, 1.82) is 0 Å². The van der Waals surface area contributed by atoms with Crippen LogP contribution in [0.3, 0.4) is 0 Å². The van der Waals surface area contributed by atoms with Gasteiger partial charge in [-0.15, -0.1) is 0 Å². The topological polar surface area (TPSA) is 99.1 Å². The number of nitrogens with one attached hydrogen (secondary N) is 1. The van der Waals surface area contributed by atoms with Gasteiger partial charge >= 0.3 is 5.69 Å². The molecule has 0 aliphatic heterocycles. The van der Waals surface area contributed by atoms with Crippen molar-refractivity contribution in [3.8, 4) is 0 Å². The molecule has 0 spiro atoms. The minimum Gasteiger partial charge on any atom is -0.360 e. The summed E-state index contributed by atoms with van der Waals surface area (Å²) in [5.74, 6) is 0.762. The third-order valence-electron chi connectivity index (χ3n) is 4.26. The summed E-state index contributed by atoms with van der Waals surface area (Å²) < 4.78 is 7.44. The minimum atomic E-state index is -0.495. The van der Waals surface area contributed by atoms with Crippen molar-refractivity contribution >= 4 is 22.6 Å². The summed E-state index contributed by atoms with van der Waals surface area (Å²) in [7, 11) is 0. The lowest BCUT2D eigenvalue weighted by Gasteiger charge is -2.14. The van der Waals surface area contributed by atoms with Gasteiger partial charge in [-0.05, 0) is 31.4 Å². The van der Waals surface area contributed by atoms with E-state index in [0.717, 1.165) is 0 Å². The molecule has 0 atom stereocenters. The number of fused-ring (bicyclic) bond motifs is 1. The lowest BCUT2D eigenvalue weighted by atomic mass is 10.1. The Bertz CT molecular complexity index is 1090. The number of hydrogen-bond donors (Lipinski definition) is 1. The van der Waals surface area contributed by atoms with E-state index in [0.29, 0.717) is 35.5 Å². The van der Waals surface area contributed by atoms with E-state index in [4.69, 9.17) is 4.52 Å². The van der Waals surface area contributed by atoms with Crippen LogP contribution in [0.1, 0.15) is 26.0 Å². The molecule has 0 saturated heterocycles. The number of carbonyl (C=O) groups is 1. The second-order valence-electron chi connectivity index (χ2n) is 6.90. The number of aryl methyl sites for hydroxylation is 1. The molecule has 3 rings (SSSR count). The molecule has 1 N–H and O–H groups in total. The summed E-state index contributed by atoms with van der Waals surface area (Å²) in [6.45, 7) is 5.85. The Kier molecular flexibility index (Phi) is 5.25. The predicted molar refractivity (Wildman–Crippen MR) is 102 cm³/mol. The Hall–Kier alpha value is -3.16. The number of benzene rings is 1. The van der Waals surface area contributed by atoms with Gasteiger partial charge in [-0.3, -0.25) is 18.7 Å². The standard InChI is InChI=1S/C19H22N4O4/c1-12(2)8-9-22-18(25)14-6-4-5-7-15(14)23(19(22)26)11-17(24)20-16-10-13(3)27-21-16/h4-7,10,12H,8-9,11H2,1-3H3,(H,20,21,24). The predicted octanol–water partition coefficient (Wildman–Crippen LogP) is 2.14. The van der Waals surface area contributed by atoms with E-state index in [1.54, 1.807) is 37.3 Å². The Morgan fingerprint density at radius 1 is 1.22 bits per heavy atom. The summed E-state index contributed by atoms with van der Waals surface area (Å²) in [6.07, 6.45) is 0.692. The van der Waals surface area contributed by atoms with E-state index in [2.05, 4.69) is 10.5 Å². The molecule has 8 heteroatoms. The van der Waals surface area contributed by atoms with Crippen molar-refractivity contribution in [2.24, 2.45) is 5.92 Å². The highest BCUT2D eigenvalue weighted by Crippen LogP contribution is 2.10. The molecule has 8 nitrogen and oxygen atoms in total. The third-order valence-corrected chi connectivity index (χ3v) is 4.26. The van der Waals surface area contributed by atoms with Crippen molar-refractivity contribution in [1.82, 2.24) is 14.3 Å². The molecule has 2 heterocycles. The van der Waals surface area contributed by atoms with Crippen LogP contribution in [0.5, 0.6) is 0 Å². The number of anilines is 1. The summed E-state index contributed by atoms with van der Waals surface area (Å²) in [6, 6.07) is 8.39. The largest absolute Gasteiger partial charge is 0.360 e. The zero-order valence-electron chi connectivity index (χ0n) is 15.6. The number of rotatable bonds is 6. The first-order valence-electron chi connectivity index (χ1n) is 8.82. The third kappa shape index (κ3) is 3.99. The molecule has 0 aliphatic carbocycles. The average molecular weight is 370 g/mol. The lowest BCUT2D eigenvalue weighted by molar-refractivity contribution is -0.116. The van der Waals surface area contributed by atoms with E-state index in [1.807, 2.05) is 13.8 Å². The van der Waals surface area contributed by atoms with Crippen molar-refractivity contribution in [2.75, 3.05) is 5.32 Å². The van der Waals surface area contributed by atoms with E-state index in [1.165, 1.54) is 9.13 Å². The maximum absolute atomic E-state index is 12.9. The van der Waals surface area contributed by atoms with Gasteiger partial charge in [0.15, 0.2) is 5.82 Å². The Morgan fingerprint density at radius 2 is 1.96 bits per heavy atom. The monoisotopic (exact) mass is 370 g/mol. The summed E-state index contributed by atoms with van der Waals surface area (Å²) >= 11 is 0. The molecular weight excluding hydrogens is 348 g/mol. The number of aromatic nitrogens is 3. The summed E-state index contributed by atoms with van der Waals surface area (Å²) in [5, 5.41) is 6.72. The smallest absolute Gasteiger partial charge is 0.331 e. The fourth-order valence-corrected chi connectivity index (χ4v) is 2.86. The fraction of sp³-hybridized carbons (Fsp3) is 0.368. The van der Waals surface area contributed by atoms with Crippen LogP contribution >= 0.6 is 0 Å². The SMILES string of the molecule is Cc1cc(NC(=O)Cn2c(=O)n(CCC(C)C)c(=O)c3ccccc32)no1. The van der Waals surface area contributed by atoms with Crippen LogP contribution in [0.25, 0.3) is 10.9 Å². The number of amides is 1. The molecule has 0 unspecified atom stereocenters. The molecule has 1 aromatic carbocycles. The Balaban J connectivity index is 2.01. The summed E-state index contributed by atoms with van der Waals surface area (Å²) in [4.78, 5) is 38.0. The highest BCUT2D eigenvalue weighted by Gasteiger charge is 2.16. The van der Waals surface area contributed by atoms with Crippen LogP contribution in [-0.2, 0) is 17.9 Å². The molecule has 3 aromatic rings. The maximum Gasteiger partial charge on any atom is 0.331 e. The zero-order chi connectivity index (χ0) is 19.6. The molecule has 0 radical (unpaired) electrons.